The van der Waals surface area contributed by atoms with Gasteiger partial charge in [-0.05, 0) is 25.7 Å². The molecule has 1 aliphatic carbocycles. The van der Waals surface area contributed by atoms with E-state index in [0.29, 0.717) is 19.1 Å². The first-order valence-electron chi connectivity index (χ1n) is 10.2. The molecule has 0 N–H and O–H groups in total. The highest BCUT2D eigenvalue weighted by Gasteiger charge is 2.13. The first-order chi connectivity index (χ1) is 12.2. The third-order valence-electron chi connectivity index (χ3n) is 4.61. The van der Waals surface area contributed by atoms with Gasteiger partial charge < -0.3 is 9.47 Å². The maximum Gasteiger partial charge on any atom is 0.306 e. The number of esters is 2. The summed E-state index contributed by atoms with van der Waals surface area (Å²) in [6, 6.07) is 0. The largest absolute Gasteiger partial charge is 0.466 e. The molecule has 144 valence electrons. The van der Waals surface area contributed by atoms with Gasteiger partial charge in [-0.15, -0.1) is 0 Å². The van der Waals surface area contributed by atoms with E-state index in [1.165, 1.54) is 38.5 Å². The molecule has 0 heterocycles. The fourth-order valence-electron chi connectivity index (χ4n) is 2.99. The zero-order valence-electron chi connectivity index (χ0n) is 16.0. The smallest absolute Gasteiger partial charge is 0.306 e. The van der Waals surface area contributed by atoms with Gasteiger partial charge in [-0.1, -0.05) is 64.0 Å². The molecule has 0 aromatic rings. The molecule has 1 rings (SSSR count). The van der Waals surface area contributed by atoms with Gasteiger partial charge in [0.05, 0.1) is 26.1 Å². The maximum absolute atomic E-state index is 11.7. The summed E-state index contributed by atoms with van der Waals surface area (Å²) in [7, 11) is 0. The molecule has 0 amide bonds. The second kappa shape index (κ2) is 15.0. The number of hydrogen-bond donors (Lipinski definition) is 0. The standard InChI is InChI=1S/C21H36O4/c1-2-3-4-5-6-7-8-12-17-24-20(22)15-16-21(23)25-18-19-13-10-9-11-14-19/h10,13,19H,2-9,11-12,14-18H2,1H3. The molecule has 0 bridgehead atoms. The topological polar surface area (TPSA) is 52.6 Å². The molecule has 0 fully saturated rings. The van der Waals surface area contributed by atoms with Crippen LogP contribution in [0.3, 0.4) is 0 Å². The van der Waals surface area contributed by atoms with Crippen LogP contribution >= 0.6 is 0 Å². The second-order valence-corrected chi connectivity index (χ2v) is 7.00. The SMILES string of the molecule is CCCCCCCCCCOC(=O)CCC(=O)OCC1C=CCCC1. The minimum absolute atomic E-state index is 0.118. The van der Waals surface area contributed by atoms with Crippen LogP contribution < -0.4 is 0 Å². The van der Waals surface area contributed by atoms with E-state index in [1.54, 1.807) is 0 Å². The molecular weight excluding hydrogens is 316 g/mol. The van der Waals surface area contributed by atoms with E-state index in [2.05, 4.69) is 19.1 Å². The summed E-state index contributed by atoms with van der Waals surface area (Å²) in [6.07, 6.45) is 17.6. The van der Waals surface area contributed by atoms with Gasteiger partial charge in [-0.25, -0.2) is 0 Å². The number of allylic oxidation sites excluding steroid dienone is 1. The number of hydrogen-bond acceptors (Lipinski definition) is 4. The zero-order chi connectivity index (χ0) is 18.2. The highest BCUT2D eigenvalue weighted by molar-refractivity contribution is 5.77. The molecule has 0 aromatic heterocycles. The summed E-state index contributed by atoms with van der Waals surface area (Å²) in [5.41, 5.74) is 0. The molecule has 1 aliphatic rings. The van der Waals surface area contributed by atoms with Crippen molar-refractivity contribution in [2.24, 2.45) is 5.92 Å². The van der Waals surface area contributed by atoms with E-state index < -0.39 is 0 Å². The fourth-order valence-corrected chi connectivity index (χ4v) is 2.99. The van der Waals surface area contributed by atoms with Crippen molar-refractivity contribution < 1.29 is 19.1 Å². The third kappa shape index (κ3) is 12.7. The lowest BCUT2D eigenvalue weighted by Crippen LogP contribution is -2.15. The Bertz CT molecular complexity index is 389. The Hall–Kier alpha value is -1.32. The summed E-state index contributed by atoms with van der Waals surface area (Å²) in [5.74, 6) is -0.257. The predicted molar refractivity (Wildman–Crippen MR) is 100 cm³/mol. The average molecular weight is 353 g/mol. The molecule has 0 spiro atoms. The Morgan fingerprint density at radius 1 is 0.920 bits per heavy atom. The number of rotatable bonds is 14. The van der Waals surface area contributed by atoms with E-state index in [1.807, 2.05) is 0 Å². The second-order valence-electron chi connectivity index (χ2n) is 7.00. The van der Waals surface area contributed by atoms with Gasteiger partial charge >= 0.3 is 11.9 Å². The molecule has 0 saturated carbocycles. The Balaban J connectivity index is 1.90. The van der Waals surface area contributed by atoms with E-state index in [-0.39, 0.29) is 24.8 Å². The van der Waals surface area contributed by atoms with E-state index >= 15 is 0 Å². The molecule has 25 heavy (non-hydrogen) atoms. The Morgan fingerprint density at radius 3 is 2.20 bits per heavy atom. The lowest BCUT2D eigenvalue weighted by molar-refractivity contribution is -0.151. The molecule has 4 nitrogen and oxygen atoms in total. The minimum Gasteiger partial charge on any atom is -0.466 e. The highest BCUT2D eigenvalue weighted by Crippen LogP contribution is 2.17. The maximum atomic E-state index is 11.7. The predicted octanol–water partition coefficient (Wildman–Crippen LogP) is 5.35. The lowest BCUT2D eigenvalue weighted by Gasteiger charge is -2.15. The highest BCUT2D eigenvalue weighted by atomic mass is 16.5. The van der Waals surface area contributed by atoms with Crippen molar-refractivity contribution in [3.8, 4) is 0 Å². The van der Waals surface area contributed by atoms with Gasteiger partial charge in [0, 0.05) is 5.92 Å². The quantitative estimate of drug-likeness (QED) is 0.240. The van der Waals surface area contributed by atoms with Gasteiger partial charge in [-0.3, -0.25) is 9.59 Å². The molecule has 0 aliphatic heterocycles. The minimum atomic E-state index is -0.303. The molecule has 4 heteroatoms. The molecule has 1 atom stereocenters. The van der Waals surface area contributed by atoms with Crippen molar-refractivity contribution in [1.29, 1.82) is 0 Å². The van der Waals surface area contributed by atoms with E-state index in [4.69, 9.17) is 9.47 Å². The number of carbonyl (C=O) groups excluding carboxylic acids is 2. The van der Waals surface area contributed by atoms with Crippen LogP contribution in [0.5, 0.6) is 0 Å². The van der Waals surface area contributed by atoms with Crippen LogP contribution in [0, 0.1) is 5.92 Å². The zero-order valence-corrected chi connectivity index (χ0v) is 16.0. The van der Waals surface area contributed by atoms with Gasteiger partial charge in [0.15, 0.2) is 0 Å². The van der Waals surface area contributed by atoms with Crippen molar-refractivity contribution in [2.45, 2.75) is 90.4 Å². The van der Waals surface area contributed by atoms with Crippen LogP contribution in [0.2, 0.25) is 0 Å². The van der Waals surface area contributed by atoms with Crippen LogP contribution in [0.25, 0.3) is 0 Å². The van der Waals surface area contributed by atoms with Crippen LogP contribution in [0.4, 0.5) is 0 Å². The lowest BCUT2D eigenvalue weighted by atomic mass is 9.97. The first-order valence-corrected chi connectivity index (χ1v) is 10.2. The average Bonchev–Trinajstić information content (AvgIpc) is 2.64. The number of ether oxygens (including phenoxy) is 2. The molecule has 1 unspecified atom stereocenters. The van der Waals surface area contributed by atoms with Crippen molar-refractivity contribution in [3.63, 3.8) is 0 Å². The van der Waals surface area contributed by atoms with Crippen LogP contribution in [-0.2, 0) is 19.1 Å². The summed E-state index contributed by atoms with van der Waals surface area (Å²) >= 11 is 0. The van der Waals surface area contributed by atoms with Crippen LogP contribution in [0.1, 0.15) is 90.4 Å². The Kier molecular flexibility index (Phi) is 13.0. The van der Waals surface area contributed by atoms with Crippen LogP contribution in [-0.4, -0.2) is 25.2 Å². The summed E-state index contributed by atoms with van der Waals surface area (Å²) in [4.78, 5) is 23.3. The van der Waals surface area contributed by atoms with Crippen molar-refractivity contribution in [3.05, 3.63) is 12.2 Å². The normalized spacial score (nSPS) is 16.6. The monoisotopic (exact) mass is 352 g/mol. The number of unbranched alkanes of at least 4 members (excludes halogenated alkanes) is 7. The third-order valence-corrected chi connectivity index (χ3v) is 4.61. The molecule has 0 aromatic carbocycles. The van der Waals surface area contributed by atoms with E-state index in [0.717, 1.165) is 32.1 Å². The van der Waals surface area contributed by atoms with Crippen molar-refractivity contribution in [1.82, 2.24) is 0 Å². The summed E-state index contributed by atoms with van der Waals surface area (Å²) in [5, 5.41) is 0. The van der Waals surface area contributed by atoms with E-state index in [9.17, 15) is 9.59 Å². The van der Waals surface area contributed by atoms with Crippen LogP contribution in [0.15, 0.2) is 12.2 Å². The van der Waals surface area contributed by atoms with Gasteiger partial charge in [0.1, 0.15) is 0 Å². The van der Waals surface area contributed by atoms with Crippen molar-refractivity contribution >= 4 is 11.9 Å². The molecule has 0 radical (unpaired) electrons. The number of carbonyl (C=O) groups is 2. The summed E-state index contributed by atoms with van der Waals surface area (Å²) in [6.45, 7) is 3.13. The Morgan fingerprint density at radius 2 is 1.56 bits per heavy atom. The fraction of sp³-hybridized carbons (Fsp3) is 0.810. The molecule has 0 saturated heterocycles. The van der Waals surface area contributed by atoms with Gasteiger partial charge in [0.25, 0.3) is 0 Å². The first kappa shape index (κ1) is 21.7. The van der Waals surface area contributed by atoms with Crippen molar-refractivity contribution in [2.75, 3.05) is 13.2 Å². The van der Waals surface area contributed by atoms with Gasteiger partial charge in [0.2, 0.25) is 0 Å². The van der Waals surface area contributed by atoms with Gasteiger partial charge in [-0.2, -0.15) is 0 Å². The molecular formula is C21H36O4. The Labute approximate surface area is 153 Å². The summed E-state index contributed by atoms with van der Waals surface area (Å²) < 4.78 is 10.4.